The molecule has 16 heavy (non-hydrogen) atoms. The highest BCUT2D eigenvalue weighted by atomic mass is 35.5. The van der Waals surface area contributed by atoms with Crippen LogP contribution in [0.2, 0.25) is 5.02 Å². The average Bonchev–Trinajstić information content (AvgIpc) is 2.29. The van der Waals surface area contributed by atoms with E-state index in [0.29, 0.717) is 0 Å². The summed E-state index contributed by atoms with van der Waals surface area (Å²) in [5.74, 6) is 0. The number of nitrogens with zero attached hydrogens (tertiary/aromatic N) is 1. The third-order valence-electron chi connectivity index (χ3n) is 2.71. The predicted molar refractivity (Wildman–Crippen MR) is 72.4 cm³/mol. The average molecular weight is 241 g/mol. The Morgan fingerprint density at radius 1 is 1.38 bits per heavy atom. The van der Waals surface area contributed by atoms with Crippen molar-refractivity contribution in [2.45, 2.75) is 26.3 Å². The summed E-state index contributed by atoms with van der Waals surface area (Å²) in [5, 5.41) is 4.01. The van der Waals surface area contributed by atoms with Crippen LogP contribution < -0.4 is 10.2 Å². The summed E-state index contributed by atoms with van der Waals surface area (Å²) >= 11 is 6.22. The first kappa shape index (κ1) is 13.3. The Labute approximate surface area is 104 Å². The van der Waals surface area contributed by atoms with Crippen molar-refractivity contribution in [2.24, 2.45) is 0 Å². The standard InChI is InChI=1S/C13H21ClN2/c1-4-5-9-16(3)13-8-6-7-12(14)11(13)10-15-2/h6-8,15H,4-5,9-10H2,1-3H3. The second-order valence-corrected chi connectivity index (χ2v) is 4.45. The summed E-state index contributed by atoms with van der Waals surface area (Å²) in [4.78, 5) is 2.28. The Balaban J connectivity index is 2.88. The van der Waals surface area contributed by atoms with Crippen LogP contribution in [0.5, 0.6) is 0 Å². The van der Waals surface area contributed by atoms with E-state index in [1.807, 2.05) is 19.2 Å². The SMILES string of the molecule is CCCCN(C)c1cccc(Cl)c1CNC. The van der Waals surface area contributed by atoms with Crippen LogP contribution in [0.3, 0.4) is 0 Å². The van der Waals surface area contributed by atoms with E-state index in [1.54, 1.807) is 0 Å². The molecule has 1 rings (SSSR count). The largest absolute Gasteiger partial charge is 0.374 e. The van der Waals surface area contributed by atoms with Gasteiger partial charge in [0.2, 0.25) is 0 Å². The molecule has 0 spiro atoms. The molecule has 3 heteroatoms. The van der Waals surface area contributed by atoms with Gasteiger partial charge < -0.3 is 10.2 Å². The monoisotopic (exact) mass is 240 g/mol. The van der Waals surface area contributed by atoms with Crippen LogP contribution in [0.1, 0.15) is 25.3 Å². The molecule has 0 aliphatic rings. The zero-order valence-electron chi connectivity index (χ0n) is 10.4. The van der Waals surface area contributed by atoms with E-state index in [2.05, 4.69) is 30.3 Å². The fraction of sp³-hybridized carbons (Fsp3) is 0.538. The molecule has 1 aromatic carbocycles. The summed E-state index contributed by atoms with van der Waals surface area (Å²) in [6.07, 6.45) is 2.42. The normalized spacial score (nSPS) is 10.5. The van der Waals surface area contributed by atoms with Crippen molar-refractivity contribution >= 4 is 17.3 Å². The molecule has 0 heterocycles. The van der Waals surface area contributed by atoms with Gasteiger partial charge in [-0.3, -0.25) is 0 Å². The van der Waals surface area contributed by atoms with Gasteiger partial charge in [0, 0.05) is 36.4 Å². The van der Waals surface area contributed by atoms with Crippen LogP contribution in [0.4, 0.5) is 5.69 Å². The topological polar surface area (TPSA) is 15.3 Å². The number of hydrogen-bond donors (Lipinski definition) is 1. The minimum atomic E-state index is 0.811. The quantitative estimate of drug-likeness (QED) is 0.821. The predicted octanol–water partition coefficient (Wildman–Crippen LogP) is 3.30. The van der Waals surface area contributed by atoms with E-state index in [9.17, 15) is 0 Å². The fourth-order valence-electron chi connectivity index (χ4n) is 1.77. The van der Waals surface area contributed by atoms with Crippen LogP contribution in [0.25, 0.3) is 0 Å². The van der Waals surface area contributed by atoms with Crippen molar-refractivity contribution in [3.05, 3.63) is 28.8 Å². The number of unbranched alkanes of at least 4 members (excludes halogenated alkanes) is 1. The molecule has 0 fully saturated rings. The molecule has 1 aromatic rings. The first-order valence-corrected chi connectivity index (χ1v) is 6.21. The summed E-state index contributed by atoms with van der Waals surface area (Å²) in [6.45, 7) is 4.10. The zero-order valence-corrected chi connectivity index (χ0v) is 11.1. The lowest BCUT2D eigenvalue weighted by molar-refractivity contribution is 0.755. The first-order valence-electron chi connectivity index (χ1n) is 5.83. The molecule has 0 saturated carbocycles. The van der Waals surface area contributed by atoms with Gasteiger partial charge in [0.15, 0.2) is 0 Å². The van der Waals surface area contributed by atoms with E-state index < -0.39 is 0 Å². The summed E-state index contributed by atoms with van der Waals surface area (Å²) in [6, 6.07) is 6.10. The van der Waals surface area contributed by atoms with E-state index in [0.717, 1.165) is 18.1 Å². The van der Waals surface area contributed by atoms with E-state index in [4.69, 9.17) is 11.6 Å². The first-order chi connectivity index (χ1) is 7.70. The molecule has 1 N–H and O–H groups in total. The molecule has 0 atom stereocenters. The Kier molecular flexibility index (Phi) is 5.64. The summed E-state index contributed by atoms with van der Waals surface area (Å²) < 4.78 is 0. The molecule has 2 nitrogen and oxygen atoms in total. The van der Waals surface area contributed by atoms with E-state index in [-0.39, 0.29) is 0 Å². The Morgan fingerprint density at radius 2 is 2.12 bits per heavy atom. The highest BCUT2D eigenvalue weighted by molar-refractivity contribution is 6.31. The molecule has 0 amide bonds. The number of nitrogens with one attached hydrogen (secondary N) is 1. The molecule has 0 unspecified atom stereocenters. The van der Waals surface area contributed by atoms with Gasteiger partial charge in [0.05, 0.1) is 0 Å². The minimum Gasteiger partial charge on any atom is -0.374 e. The fourth-order valence-corrected chi connectivity index (χ4v) is 2.01. The lowest BCUT2D eigenvalue weighted by Crippen LogP contribution is -2.21. The number of halogens is 1. The molecular formula is C13H21ClN2. The molecule has 0 aliphatic carbocycles. The highest BCUT2D eigenvalue weighted by Crippen LogP contribution is 2.26. The molecular weight excluding hydrogens is 220 g/mol. The second kappa shape index (κ2) is 6.77. The van der Waals surface area contributed by atoms with Gasteiger partial charge >= 0.3 is 0 Å². The maximum atomic E-state index is 6.22. The zero-order chi connectivity index (χ0) is 12.0. The number of hydrogen-bond acceptors (Lipinski definition) is 2. The molecule has 0 bridgehead atoms. The van der Waals surface area contributed by atoms with Gasteiger partial charge in [-0.15, -0.1) is 0 Å². The van der Waals surface area contributed by atoms with Crippen molar-refractivity contribution in [3.63, 3.8) is 0 Å². The van der Waals surface area contributed by atoms with Gasteiger partial charge in [-0.25, -0.2) is 0 Å². The van der Waals surface area contributed by atoms with Crippen LogP contribution in [0, 0.1) is 0 Å². The number of benzene rings is 1. The molecule has 0 saturated heterocycles. The van der Waals surface area contributed by atoms with Gasteiger partial charge in [-0.2, -0.15) is 0 Å². The van der Waals surface area contributed by atoms with Crippen molar-refractivity contribution in [3.8, 4) is 0 Å². The third kappa shape index (κ3) is 3.39. The van der Waals surface area contributed by atoms with Gasteiger partial charge in [-0.05, 0) is 25.6 Å². The molecule has 90 valence electrons. The van der Waals surface area contributed by atoms with Crippen molar-refractivity contribution in [2.75, 3.05) is 25.5 Å². The third-order valence-corrected chi connectivity index (χ3v) is 3.06. The Morgan fingerprint density at radius 3 is 2.75 bits per heavy atom. The summed E-state index contributed by atoms with van der Waals surface area (Å²) in [5.41, 5.74) is 2.42. The van der Waals surface area contributed by atoms with Crippen molar-refractivity contribution < 1.29 is 0 Å². The molecule has 0 aliphatic heterocycles. The van der Waals surface area contributed by atoms with Gasteiger partial charge in [0.1, 0.15) is 0 Å². The highest BCUT2D eigenvalue weighted by Gasteiger charge is 2.09. The van der Waals surface area contributed by atoms with Crippen molar-refractivity contribution in [1.29, 1.82) is 0 Å². The van der Waals surface area contributed by atoms with E-state index >= 15 is 0 Å². The van der Waals surface area contributed by atoms with Gasteiger partial charge in [-0.1, -0.05) is 31.0 Å². The minimum absolute atomic E-state index is 0.811. The smallest absolute Gasteiger partial charge is 0.0471 e. The van der Waals surface area contributed by atoms with Crippen LogP contribution >= 0.6 is 11.6 Å². The number of rotatable bonds is 6. The Hall–Kier alpha value is -0.730. The van der Waals surface area contributed by atoms with Crippen LogP contribution in [0.15, 0.2) is 18.2 Å². The second-order valence-electron chi connectivity index (χ2n) is 4.04. The van der Waals surface area contributed by atoms with Gasteiger partial charge in [0.25, 0.3) is 0 Å². The van der Waals surface area contributed by atoms with E-state index in [1.165, 1.54) is 24.1 Å². The summed E-state index contributed by atoms with van der Waals surface area (Å²) in [7, 11) is 4.07. The lowest BCUT2D eigenvalue weighted by atomic mass is 10.1. The van der Waals surface area contributed by atoms with Crippen molar-refractivity contribution in [1.82, 2.24) is 5.32 Å². The molecule has 0 radical (unpaired) electrons. The van der Waals surface area contributed by atoms with Crippen LogP contribution in [-0.4, -0.2) is 20.6 Å². The maximum Gasteiger partial charge on any atom is 0.0471 e. The molecule has 0 aromatic heterocycles. The maximum absolute atomic E-state index is 6.22. The Bertz CT molecular complexity index is 326. The van der Waals surface area contributed by atoms with Crippen LogP contribution in [-0.2, 0) is 6.54 Å². The lowest BCUT2D eigenvalue weighted by Gasteiger charge is -2.23. The number of anilines is 1.